The number of aromatic nitrogens is 4. The van der Waals surface area contributed by atoms with Gasteiger partial charge in [-0.05, 0) is 19.8 Å². The number of anilines is 1. The zero-order chi connectivity index (χ0) is 17.4. The standard InChI is InChI=1S/C17H24N6O2/c1-11-18-15(13-7-14(24)8-13)9-17(19-11)23-5-3-22(4-6-23)10-16-20-12(2)25-21-16/h9,13-14,24H,3-8,10H2,1-2H3. The smallest absolute Gasteiger partial charge is 0.223 e. The van der Waals surface area contributed by atoms with Crippen molar-refractivity contribution in [1.82, 2.24) is 25.0 Å². The molecular weight excluding hydrogens is 320 g/mol. The van der Waals surface area contributed by atoms with Gasteiger partial charge in [0.05, 0.1) is 12.6 Å². The van der Waals surface area contributed by atoms with Gasteiger partial charge in [-0.1, -0.05) is 5.16 Å². The molecule has 134 valence electrons. The molecule has 4 rings (SSSR count). The van der Waals surface area contributed by atoms with Crippen LogP contribution in [0.5, 0.6) is 0 Å². The van der Waals surface area contributed by atoms with E-state index in [0.717, 1.165) is 68.7 Å². The predicted octanol–water partition coefficient (Wildman–Crippen LogP) is 1.04. The first-order valence-corrected chi connectivity index (χ1v) is 8.87. The maximum absolute atomic E-state index is 9.54. The molecule has 0 spiro atoms. The van der Waals surface area contributed by atoms with E-state index in [1.54, 1.807) is 0 Å². The number of nitrogens with zero attached hydrogens (tertiary/aromatic N) is 6. The van der Waals surface area contributed by atoms with E-state index >= 15 is 0 Å². The maximum atomic E-state index is 9.54. The fraction of sp³-hybridized carbons (Fsp3) is 0.647. The normalized spacial score (nSPS) is 24.4. The fourth-order valence-corrected chi connectivity index (χ4v) is 3.52. The van der Waals surface area contributed by atoms with Crippen LogP contribution in [-0.4, -0.2) is 62.4 Å². The molecular formula is C17H24N6O2. The summed E-state index contributed by atoms with van der Waals surface area (Å²) in [6.45, 7) is 8.18. The van der Waals surface area contributed by atoms with Crippen LogP contribution in [0.1, 0.15) is 42.0 Å². The van der Waals surface area contributed by atoms with Crippen molar-refractivity contribution in [2.24, 2.45) is 0 Å². The molecule has 0 amide bonds. The van der Waals surface area contributed by atoms with Gasteiger partial charge < -0.3 is 14.5 Å². The predicted molar refractivity (Wildman–Crippen MR) is 91.3 cm³/mol. The molecule has 0 unspecified atom stereocenters. The van der Waals surface area contributed by atoms with Gasteiger partial charge in [0.1, 0.15) is 11.6 Å². The quantitative estimate of drug-likeness (QED) is 0.879. The van der Waals surface area contributed by atoms with Gasteiger partial charge in [0.25, 0.3) is 0 Å². The zero-order valence-corrected chi connectivity index (χ0v) is 14.7. The summed E-state index contributed by atoms with van der Waals surface area (Å²) in [6.07, 6.45) is 1.46. The Labute approximate surface area is 146 Å². The second-order valence-electron chi connectivity index (χ2n) is 7.01. The highest BCUT2D eigenvalue weighted by molar-refractivity contribution is 5.41. The van der Waals surface area contributed by atoms with E-state index in [4.69, 9.17) is 4.52 Å². The molecule has 0 atom stereocenters. The van der Waals surface area contributed by atoms with Crippen LogP contribution in [0.3, 0.4) is 0 Å². The lowest BCUT2D eigenvalue weighted by atomic mass is 9.80. The van der Waals surface area contributed by atoms with Gasteiger partial charge in [-0.15, -0.1) is 0 Å². The van der Waals surface area contributed by atoms with Crippen LogP contribution >= 0.6 is 0 Å². The fourth-order valence-electron chi connectivity index (χ4n) is 3.52. The van der Waals surface area contributed by atoms with Crippen molar-refractivity contribution in [1.29, 1.82) is 0 Å². The topological polar surface area (TPSA) is 91.4 Å². The summed E-state index contributed by atoms with van der Waals surface area (Å²) < 4.78 is 5.04. The number of aliphatic hydroxyl groups excluding tert-OH is 1. The SMILES string of the molecule is Cc1nc(C2CC(O)C2)cc(N2CCN(Cc3noc(C)n3)CC2)n1. The summed E-state index contributed by atoms with van der Waals surface area (Å²) in [5.41, 5.74) is 1.07. The molecule has 8 nitrogen and oxygen atoms in total. The molecule has 1 aliphatic carbocycles. The van der Waals surface area contributed by atoms with Gasteiger partial charge in [-0.3, -0.25) is 4.90 Å². The highest BCUT2D eigenvalue weighted by Gasteiger charge is 2.30. The van der Waals surface area contributed by atoms with Gasteiger partial charge >= 0.3 is 0 Å². The molecule has 2 aliphatic rings. The van der Waals surface area contributed by atoms with Crippen LogP contribution in [-0.2, 0) is 6.54 Å². The first kappa shape index (κ1) is 16.4. The Kier molecular flexibility index (Phi) is 4.39. The largest absolute Gasteiger partial charge is 0.393 e. The minimum Gasteiger partial charge on any atom is -0.393 e. The van der Waals surface area contributed by atoms with Crippen molar-refractivity contribution < 1.29 is 9.63 Å². The summed E-state index contributed by atoms with van der Waals surface area (Å²) in [5.74, 6) is 3.53. The Morgan fingerprint density at radius 1 is 1.12 bits per heavy atom. The lowest BCUT2D eigenvalue weighted by Gasteiger charge is -2.36. The average molecular weight is 344 g/mol. The van der Waals surface area contributed by atoms with Crippen LogP contribution in [0.15, 0.2) is 10.6 Å². The lowest BCUT2D eigenvalue weighted by molar-refractivity contribution is 0.0731. The van der Waals surface area contributed by atoms with Crippen molar-refractivity contribution in [2.75, 3.05) is 31.1 Å². The Morgan fingerprint density at radius 2 is 1.88 bits per heavy atom. The third-order valence-corrected chi connectivity index (χ3v) is 5.01. The lowest BCUT2D eigenvalue weighted by Crippen LogP contribution is -2.46. The van der Waals surface area contributed by atoms with Crippen molar-refractivity contribution in [3.05, 3.63) is 29.3 Å². The highest BCUT2D eigenvalue weighted by Crippen LogP contribution is 2.36. The summed E-state index contributed by atoms with van der Waals surface area (Å²) in [5, 5.41) is 13.5. The van der Waals surface area contributed by atoms with Crippen LogP contribution in [0.2, 0.25) is 0 Å². The Morgan fingerprint density at radius 3 is 2.52 bits per heavy atom. The molecule has 2 aromatic rings. The zero-order valence-electron chi connectivity index (χ0n) is 14.7. The molecule has 0 bridgehead atoms. The average Bonchev–Trinajstić information content (AvgIpc) is 2.97. The van der Waals surface area contributed by atoms with Crippen molar-refractivity contribution in [2.45, 2.75) is 45.3 Å². The minimum atomic E-state index is -0.166. The van der Waals surface area contributed by atoms with E-state index in [0.29, 0.717) is 11.8 Å². The number of aliphatic hydroxyl groups is 1. The second kappa shape index (κ2) is 6.68. The van der Waals surface area contributed by atoms with Gasteiger partial charge in [0.15, 0.2) is 5.82 Å². The molecule has 1 N–H and O–H groups in total. The molecule has 0 aromatic carbocycles. The van der Waals surface area contributed by atoms with Gasteiger partial charge in [0.2, 0.25) is 5.89 Å². The maximum Gasteiger partial charge on any atom is 0.223 e. The highest BCUT2D eigenvalue weighted by atomic mass is 16.5. The Hall–Kier alpha value is -2.06. The molecule has 3 heterocycles. The number of piperazine rings is 1. The molecule has 0 radical (unpaired) electrons. The summed E-state index contributed by atoms with van der Waals surface area (Å²) in [7, 11) is 0. The third-order valence-electron chi connectivity index (χ3n) is 5.01. The van der Waals surface area contributed by atoms with E-state index in [1.165, 1.54) is 0 Å². The first-order chi connectivity index (χ1) is 12.1. The van der Waals surface area contributed by atoms with E-state index in [2.05, 4.69) is 36.0 Å². The van der Waals surface area contributed by atoms with Crippen molar-refractivity contribution in [3.63, 3.8) is 0 Å². The monoisotopic (exact) mass is 344 g/mol. The molecule has 2 aromatic heterocycles. The van der Waals surface area contributed by atoms with E-state index in [9.17, 15) is 5.11 Å². The molecule has 25 heavy (non-hydrogen) atoms. The minimum absolute atomic E-state index is 0.166. The van der Waals surface area contributed by atoms with Crippen LogP contribution < -0.4 is 4.90 Å². The van der Waals surface area contributed by atoms with Crippen LogP contribution in [0.25, 0.3) is 0 Å². The Bertz CT molecular complexity index is 734. The number of rotatable bonds is 4. The summed E-state index contributed by atoms with van der Waals surface area (Å²) in [4.78, 5) is 18.1. The van der Waals surface area contributed by atoms with Crippen LogP contribution in [0, 0.1) is 13.8 Å². The van der Waals surface area contributed by atoms with Crippen LogP contribution in [0.4, 0.5) is 5.82 Å². The molecule has 8 heteroatoms. The van der Waals surface area contributed by atoms with Gasteiger partial charge in [0, 0.05) is 50.8 Å². The van der Waals surface area contributed by atoms with E-state index in [-0.39, 0.29) is 6.10 Å². The molecule has 1 saturated carbocycles. The number of hydrogen-bond donors (Lipinski definition) is 1. The van der Waals surface area contributed by atoms with E-state index in [1.807, 2.05) is 13.8 Å². The summed E-state index contributed by atoms with van der Waals surface area (Å²) in [6, 6.07) is 2.10. The molecule has 2 fully saturated rings. The number of aryl methyl sites for hydroxylation is 2. The third kappa shape index (κ3) is 3.64. The summed E-state index contributed by atoms with van der Waals surface area (Å²) >= 11 is 0. The van der Waals surface area contributed by atoms with E-state index < -0.39 is 0 Å². The van der Waals surface area contributed by atoms with Gasteiger partial charge in [-0.25, -0.2) is 9.97 Å². The Balaban J connectivity index is 1.38. The van der Waals surface area contributed by atoms with Crippen molar-refractivity contribution >= 4 is 5.82 Å². The molecule has 1 aliphatic heterocycles. The second-order valence-corrected chi connectivity index (χ2v) is 7.01. The van der Waals surface area contributed by atoms with Gasteiger partial charge in [-0.2, -0.15) is 4.98 Å². The van der Waals surface area contributed by atoms with Crippen molar-refractivity contribution in [3.8, 4) is 0 Å². The molecule has 1 saturated heterocycles. The number of hydrogen-bond acceptors (Lipinski definition) is 8. The first-order valence-electron chi connectivity index (χ1n) is 8.87.